The molecule has 0 fully saturated rings. The molecule has 0 aliphatic carbocycles. The quantitative estimate of drug-likeness (QED) is 0.571. The Labute approximate surface area is 145 Å². The number of nitrogens with one attached hydrogen (secondary N) is 3. The number of carboxylic acid groups (broad SMARTS) is 1. The number of fused-ring (bicyclic) bond motifs is 1. The van der Waals surface area contributed by atoms with Gasteiger partial charge in [-0.3, -0.25) is 4.68 Å². The van der Waals surface area contributed by atoms with Crippen LogP contribution in [0.2, 0.25) is 0 Å². The Morgan fingerprint density at radius 1 is 1.08 bits per heavy atom. The molecule has 3 aromatic rings. The van der Waals surface area contributed by atoms with Crippen LogP contribution < -0.4 is 16.0 Å². The van der Waals surface area contributed by atoms with Gasteiger partial charge in [0.1, 0.15) is 5.52 Å². The van der Waals surface area contributed by atoms with Crippen molar-refractivity contribution in [3.05, 3.63) is 36.0 Å². The summed E-state index contributed by atoms with van der Waals surface area (Å²) < 4.78 is 1.41. The summed E-state index contributed by atoms with van der Waals surface area (Å²) in [5.41, 5.74) is 5.48. The van der Waals surface area contributed by atoms with Gasteiger partial charge in [-0.1, -0.05) is 18.2 Å². The molecule has 7 heteroatoms. The van der Waals surface area contributed by atoms with Gasteiger partial charge in [0, 0.05) is 61.8 Å². The number of hydrogen-bond donors (Lipinski definition) is 4. The number of carbonyl (C=O) groups is 1. The normalized spacial score (nSPS) is 10.7. The van der Waals surface area contributed by atoms with Gasteiger partial charge in [-0.15, -0.1) is 0 Å². The van der Waals surface area contributed by atoms with Crippen molar-refractivity contribution in [2.45, 2.75) is 0 Å². The predicted octanol–water partition coefficient (Wildman–Crippen LogP) is 3.06. The minimum absolute atomic E-state index is 0.181. The summed E-state index contributed by atoms with van der Waals surface area (Å²) in [5.74, 6) is -0.990. The van der Waals surface area contributed by atoms with Crippen LogP contribution in [-0.2, 0) is 7.05 Å². The highest BCUT2D eigenvalue weighted by Crippen LogP contribution is 2.41. The van der Waals surface area contributed by atoms with Gasteiger partial charge in [-0.25, -0.2) is 4.79 Å². The zero-order valence-electron chi connectivity index (χ0n) is 14.6. The second-order valence-electron chi connectivity index (χ2n) is 5.68. The van der Waals surface area contributed by atoms with E-state index >= 15 is 0 Å². The molecule has 2 aromatic carbocycles. The molecule has 25 heavy (non-hydrogen) atoms. The maximum absolute atomic E-state index is 11.6. The molecule has 7 nitrogen and oxygen atoms in total. The number of carboxylic acids is 1. The maximum atomic E-state index is 11.6. The number of aromatic nitrogens is 2. The molecule has 130 valence electrons. The molecular weight excluding hydrogens is 318 g/mol. The zero-order valence-corrected chi connectivity index (χ0v) is 14.6. The molecule has 1 aromatic heterocycles. The molecule has 0 bridgehead atoms. The Kier molecular flexibility index (Phi) is 4.22. The van der Waals surface area contributed by atoms with Crippen molar-refractivity contribution in [2.75, 3.05) is 37.1 Å². The fourth-order valence-corrected chi connectivity index (χ4v) is 3.14. The smallest absolute Gasteiger partial charge is 0.354 e. The van der Waals surface area contributed by atoms with E-state index < -0.39 is 5.97 Å². The van der Waals surface area contributed by atoms with Gasteiger partial charge in [0.25, 0.3) is 0 Å². The first kappa shape index (κ1) is 16.6. The lowest BCUT2D eigenvalue weighted by molar-refractivity contribution is 0.0687. The van der Waals surface area contributed by atoms with Gasteiger partial charge in [0.05, 0.1) is 0 Å². The summed E-state index contributed by atoms with van der Waals surface area (Å²) in [6, 6.07) is 9.62. The van der Waals surface area contributed by atoms with Crippen LogP contribution in [0.4, 0.5) is 17.1 Å². The van der Waals surface area contributed by atoms with Crippen molar-refractivity contribution < 1.29 is 9.90 Å². The molecule has 0 unspecified atom stereocenters. The topological polar surface area (TPSA) is 91.2 Å². The third kappa shape index (κ3) is 2.63. The molecule has 0 aliphatic heterocycles. The van der Waals surface area contributed by atoms with Gasteiger partial charge in [-0.2, -0.15) is 5.10 Å². The lowest BCUT2D eigenvalue weighted by Crippen LogP contribution is -2.05. The van der Waals surface area contributed by atoms with Crippen LogP contribution in [0.3, 0.4) is 0 Å². The number of anilines is 3. The molecule has 0 atom stereocenters. The van der Waals surface area contributed by atoms with Gasteiger partial charge < -0.3 is 21.1 Å². The number of aryl methyl sites for hydroxylation is 1. The lowest BCUT2D eigenvalue weighted by atomic mass is 9.97. The Morgan fingerprint density at radius 3 is 2.24 bits per heavy atom. The fourth-order valence-electron chi connectivity index (χ4n) is 3.14. The minimum atomic E-state index is -0.990. The van der Waals surface area contributed by atoms with Gasteiger partial charge in [0.15, 0.2) is 5.69 Å². The largest absolute Gasteiger partial charge is 0.477 e. The maximum Gasteiger partial charge on any atom is 0.354 e. The van der Waals surface area contributed by atoms with Crippen LogP contribution >= 0.6 is 0 Å². The van der Waals surface area contributed by atoms with Crippen LogP contribution in [0.25, 0.3) is 22.0 Å². The van der Waals surface area contributed by atoms with E-state index in [4.69, 9.17) is 0 Å². The van der Waals surface area contributed by atoms with Crippen LogP contribution in [0.1, 0.15) is 10.5 Å². The molecule has 0 aliphatic rings. The van der Waals surface area contributed by atoms with E-state index in [1.165, 1.54) is 4.68 Å². The van der Waals surface area contributed by atoms with E-state index in [1.807, 2.05) is 45.4 Å². The van der Waals surface area contributed by atoms with Crippen molar-refractivity contribution in [1.82, 2.24) is 9.78 Å². The first-order chi connectivity index (χ1) is 12.0. The third-order valence-electron chi connectivity index (χ3n) is 4.30. The molecular formula is C18H21N5O2. The fraction of sp³-hybridized carbons (Fsp3) is 0.222. The van der Waals surface area contributed by atoms with Gasteiger partial charge in [-0.05, 0) is 12.1 Å². The highest BCUT2D eigenvalue weighted by atomic mass is 16.4. The molecule has 0 spiro atoms. The SMILES string of the molecule is CNc1cc(NC)c(-c2cccc3c(C(=O)O)n(C)nc23)c(NC)c1. The zero-order chi connectivity index (χ0) is 18.1. The summed E-state index contributed by atoms with van der Waals surface area (Å²) in [4.78, 5) is 11.6. The van der Waals surface area contributed by atoms with Crippen LogP contribution in [0, 0.1) is 0 Å². The van der Waals surface area contributed by atoms with E-state index in [-0.39, 0.29) is 5.69 Å². The summed E-state index contributed by atoms with van der Waals surface area (Å²) >= 11 is 0. The molecule has 0 saturated heterocycles. The monoisotopic (exact) mass is 339 g/mol. The number of hydrogen-bond acceptors (Lipinski definition) is 5. The van der Waals surface area contributed by atoms with Crippen LogP contribution in [-0.4, -0.2) is 42.0 Å². The molecule has 0 saturated carbocycles. The summed E-state index contributed by atoms with van der Waals surface area (Å²) in [6.45, 7) is 0. The molecule has 3 rings (SSSR count). The van der Waals surface area contributed by atoms with Crippen LogP contribution in [0.5, 0.6) is 0 Å². The highest BCUT2D eigenvalue weighted by Gasteiger charge is 2.21. The Bertz CT molecular complexity index is 936. The van der Waals surface area contributed by atoms with Gasteiger partial charge >= 0.3 is 5.97 Å². The minimum Gasteiger partial charge on any atom is -0.477 e. The van der Waals surface area contributed by atoms with Crippen molar-refractivity contribution in [1.29, 1.82) is 0 Å². The second-order valence-corrected chi connectivity index (χ2v) is 5.68. The molecule has 4 N–H and O–H groups in total. The van der Waals surface area contributed by atoms with E-state index in [9.17, 15) is 9.90 Å². The number of rotatable bonds is 5. The van der Waals surface area contributed by atoms with Gasteiger partial charge in [0.2, 0.25) is 0 Å². The summed E-state index contributed by atoms with van der Waals surface area (Å²) in [7, 11) is 7.24. The Morgan fingerprint density at radius 2 is 1.72 bits per heavy atom. The standard InChI is InChI=1S/C18H21N5O2/c1-19-10-8-13(20-2)15(14(9-10)21-3)11-6-5-7-12-16(11)22-23(4)17(12)18(24)25/h5-9,19-21H,1-4H3,(H,24,25). The van der Waals surface area contributed by atoms with E-state index in [0.29, 0.717) is 10.9 Å². The lowest BCUT2D eigenvalue weighted by Gasteiger charge is -2.17. The molecule has 1 heterocycles. The number of nitrogens with zero attached hydrogens (tertiary/aromatic N) is 2. The summed E-state index contributed by atoms with van der Waals surface area (Å²) in [5, 5.41) is 24.2. The first-order valence-electron chi connectivity index (χ1n) is 7.92. The average molecular weight is 339 g/mol. The van der Waals surface area contributed by atoms with Crippen molar-refractivity contribution in [2.24, 2.45) is 7.05 Å². The van der Waals surface area contributed by atoms with Crippen molar-refractivity contribution >= 4 is 33.9 Å². The van der Waals surface area contributed by atoms with E-state index in [1.54, 1.807) is 13.1 Å². The van der Waals surface area contributed by atoms with Crippen LogP contribution in [0.15, 0.2) is 30.3 Å². The highest BCUT2D eigenvalue weighted by molar-refractivity contribution is 6.08. The van der Waals surface area contributed by atoms with E-state index in [2.05, 4.69) is 21.0 Å². The second kappa shape index (κ2) is 6.35. The first-order valence-corrected chi connectivity index (χ1v) is 7.92. The molecule has 0 radical (unpaired) electrons. The van der Waals surface area contributed by atoms with Crippen molar-refractivity contribution in [3.63, 3.8) is 0 Å². The Balaban J connectivity index is 2.38. The summed E-state index contributed by atoms with van der Waals surface area (Å²) in [6.07, 6.45) is 0. The molecule has 0 amide bonds. The Hall–Kier alpha value is -3.22. The number of aromatic carboxylic acids is 1. The van der Waals surface area contributed by atoms with E-state index in [0.717, 1.165) is 28.2 Å². The third-order valence-corrected chi connectivity index (χ3v) is 4.30. The van der Waals surface area contributed by atoms with Crippen molar-refractivity contribution in [3.8, 4) is 11.1 Å². The predicted molar refractivity (Wildman–Crippen MR) is 102 cm³/mol. The average Bonchev–Trinajstić information content (AvgIpc) is 2.96. The number of benzene rings is 2.